The monoisotopic (exact) mass is 261 g/mol. The zero-order valence-corrected chi connectivity index (χ0v) is 10.7. The minimum absolute atomic E-state index is 0.0479. The Morgan fingerprint density at radius 1 is 1.32 bits per heavy atom. The van der Waals surface area contributed by atoms with Crippen molar-refractivity contribution in [2.24, 2.45) is 0 Å². The van der Waals surface area contributed by atoms with Crippen LogP contribution in [0.15, 0.2) is 47.1 Å². The summed E-state index contributed by atoms with van der Waals surface area (Å²) in [6.45, 7) is 1.87. The number of nitrogens with one attached hydrogen (secondary N) is 1. The topological polar surface area (TPSA) is 42.2 Å². The first-order chi connectivity index (χ1) is 9.15. The summed E-state index contributed by atoms with van der Waals surface area (Å²) in [4.78, 5) is 11.8. The second-order valence-electron chi connectivity index (χ2n) is 4.43. The van der Waals surface area contributed by atoms with Gasteiger partial charge >= 0.3 is 0 Å². The summed E-state index contributed by atoms with van der Waals surface area (Å²) in [7, 11) is 0. The van der Waals surface area contributed by atoms with E-state index < -0.39 is 0 Å². The maximum atomic E-state index is 12.7. The van der Waals surface area contributed by atoms with Gasteiger partial charge in [-0.1, -0.05) is 12.1 Å². The lowest BCUT2D eigenvalue weighted by Gasteiger charge is -2.11. The molecule has 0 fully saturated rings. The number of hydrogen-bond acceptors (Lipinski definition) is 2. The fourth-order valence-electron chi connectivity index (χ4n) is 1.83. The summed E-state index contributed by atoms with van der Waals surface area (Å²) >= 11 is 0. The summed E-state index contributed by atoms with van der Waals surface area (Å²) in [5.74, 6) is 0.419. The van der Waals surface area contributed by atoms with Crippen LogP contribution in [0.4, 0.5) is 4.39 Å². The third-order valence-electron chi connectivity index (χ3n) is 2.90. The highest BCUT2D eigenvalue weighted by molar-refractivity contribution is 5.76. The van der Waals surface area contributed by atoms with E-state index in [1.807, 2.05) is 13.0 Å². The van der Waals surface area contributed by atoms with Gasteiger partial charge in [0.15, 0.2) is 0 Å². The molecule has 1 atom stereocenters. The first kappa shape index (κ1) is 13.3. The van der Waals surface area contributed by atoms with Gasteiger partial charge in [-0.05, 0) is 43.2 Å². The maximum Gasteiger partial charge on any atom is 0.220 e. The Hall–Kier alpha value is -2.10. The van der Waals surface area contributed by atoms with Crippen molar-refractivity contribution in [3.05, 3.63) is 59.8 Å². The maximum absolute atomic E-state index is 12.7. The molecule has 0 radical (unpaired) electrons. The molecule has 1 aromatic heterocycles. The van der Waals surface area contributed by atoms with Crippen LogP contribution in [0.5, 0.6) is 0 Å². The van der Waals surface area contributed by atoms with Crippen molar-refractivity contribution >= 4 is 5.91 Å². The fourth-order valence-corrected chi connectivity index (χ4v) is 1.83. The molecule has 0 unspecified atom stereocenters. The van der Waals surface area contributed by atoms with Gasteiger partial charge in [0.25, 0.3) is 0 Å². The van der Waals surface area contributed by atoms with Crippen LogP contribution in [0.3, 0.4) is 0 Å². The predicted molar refractivity (Wildman–Crippen MR) is 70.0 cm³/mol. The van der Waals surface area contributed by atoms with Crippen LogP contribution in [0.25, 0.3) is 0 Å². The lowest BCUT2D eigenvalue weighted by molar-refractivity contribution is -0.121. The molecule has 1 heterocycles. The summed E-state index contributed by atoms with van der Waals surface area (Å²) in [5, 5.41) is 2.86. The Morgan fingerprint density at radius 3 is 2.68 bits per heavy atom. The zero-order valence-electron chi connectivity index (χ0n) is 10.7. The first-order valence-corrected chi connectivity index (χ1v) is 6.22. The Morgan fingerprint density at radius 2 is 2.05 bits per heavy atom. The van der Waals surface area contributed by atoms with Gasteiger partial charge < -0.3 is 9.73 Å². The number of furan rings is 1. The number of carbonyl (C=O) groups is 1. The second-order valence-corrected chi connectivity index (χ2v) is 4.43. The van der Waals surface area contributed by atoms with E-state index in [4.69, 9.17) is 4.42 Å². The van der Waals surface area contributed by atoms with Gasteiger partial charge in [0.1, 0.15) is 11.6 Å². The van der Waals surface area contributed by atoms with E-state index in [0.29, 0.717) is 12.8 Å². The van der Waals surface area contributed by atoms with E-state index in [9.17, 15) is 9.18 Å². The smallest absolute Gasteiger partial charge is 0.220 e. The molecule has 4 heteroatoms. The molecule has 0 aliphatic carbocycles. The van der Waals surface area contributed by atoms with Crippen molar-refractivity contribution in [1.82, 2.24) is 5.32 Å². The van der Waals surface area contributed by atoms with Crippen molar-refractivity contribution in [1.29, 1.82) is 0 Å². The van der Waals surface area contributed by atoms with E-state index in [2.05, 4.69) is 5.32 Å². The molecule has 0 spiro atoms. The average Bonchev–Trinajstić information content (AvgIpc) is 2.92. The Bertz CT molecular complexity index is 520. The van der Waals surface area contributed by atoms with E-state index >= 15 is 0 Å². The molecular formula is C15H16FNO2. The molecule has 2 rings (SSSR count). The van der Waals surface area contributed by atoms with Crippen LogP contribution in [0.2, 0.25) is 0 Å². The average molecular weight is 261 g/mol. The number of aryl methyl sites for hydroxylation is 1. The van der Waals surface area contributed by atoms with Gasteiger partial charge in [-0.2, -0.15) is 0 Å². The molecule has 0 saturated carbocycles. The molecule has 3 nitrogen and oxygen atoms in total. The standard InChI is InChI=1S/C15H16FNO2/c1-11(14-3-2-10-19-14)17-15(18)9-6-12-4-7-13(16)8-5-12/h2-5,7-8,10-11H,6,9H2,1H3,(H,17,18)/t11-/m1/s1. The molecular weight excluding hydrogens is 245 g/mol. The summed E-state index contributed by atoms with van der Waals surface area (Å²) in [6, 6.07) is 9.66. The molecule has 0 aliphatic rings. The summed E-state index contributed by atoms with van der Waals surface area (Å²) < 4.78 is 17.9. The molecule has 19 heavy (non-hydrogen) atoms. The van der Waals surface area contributed by atoms with E-state index in [1.165, 1.54) is 12.1 Å². The van der Waals surface area contributed by atoms with Gasteiger partial charge in [-0.3, -0.25) is 4.79 Å². The lowest BCUT2D eigenvalue weighted by Crippen LogP contribution is -2.26. The Labute approximate surface area is 111 Å². The van der Waals surface area contributed by atoms with E-state index in [-0.39, 0.29) is 17.8 Å². The zero-order chi connectivity index (χ0) is 13.7. The summed E-state index contributed by atoms with van der Waals surface area (Å²) in [6.07, 6.45) is 2.55. The molecule has 0 bridgehead atoms. The highest BCUT2D eigenvalue weighted by Crippen LogP contribution is 2.12. The van der Waals surface area contributed by atoms with E-state index in [1.54, 1.807) is 24.5 Å². The molecule has 2 aromatic rings. The fraction of sp³-hybridized carbons (Fsp3) is 0.267. The largest absolute Gasteiger partial charge is 0.467 e. The van der Waals surface area contributed by atoms with Gasteiger partial charge in [-0.25, -0.2) is 4.39 Å². The SMILES string of the molecule is C[C@@H](NC(=O)CCc1ccc(F)cc1)c1ccco1. The van der Waals surface area contributed by atoms with Gasteiger partial charge in [0, 0.05) is 6.42 Å². The van der Waals surface area contributed by atoms with Crippen molar-refractivity contribution in [2.75, 3.05) is 0 Å². The molecule has 0 aliphatic heterocycles. The van der Waals surface area contributed by atoms with Gasteiger partial charge in [-0.15, -0.1) is 0 Å². The quantitative estimate of drug-likeness (QED) is 0.897. The molecule has 100 valence electrons. The molecule has 1 aromatic carbocycles. The van der Waals surface area contributed by atoms with Crippen LogP contribution in [-0.4, -0.2) is 5.91 Å². The number of benzene rings is 1. The first-order valence-electron chi connectivity index (χ1n) is 6.22. The number of rotatable bonds is 5. The third kappa shape index (κ3) is 3.95. The van der Waals surface area contributed by atoms with Crippen LogP contribution in [-0.2, 0) is 11.2 Å². The highest BCUT2D eigenvalue weighted by atomic mass is 19.1. The van der Waals surface area contributed by atoms with Gasteiger partial charge in [0.05, 0.1) is 12.3 Å². The minimum atomic E-state index is -0.264. The number of hydrogen-bond donors (Lipinski definition) is 1. The lowest BCUT2D eigenvalue weighted by atomic mass is 10.1. The Kier molecular flexibility index (Phi) is 4.34. The van der Waals surface area contributed by atoms with Crippen LogP contribution in [0, 0.1) is 5.82 Å². The number of carbonyl (C=O) groups excluding carboxylic acids is 1. The molecule has 1 amide bonds. The summed E-state index contributed by atoms with van der Waals surface area (Å²) in [5.41, 5.74) is 0.946. The number of amides is 1. The normalized spacial score (nSPS) is 12.1. The van der Waals surface area contributed by atoms with Crippen LogP contribution in [0.1, 0.15) is 30.7 Å². The van der Waals surface area contributed by atoms with Crippen LogP contribution >= 0.6 is 0 Å². The van der Waals surface area contributed by atoms with Crippen molar-refractivity contribution in [3.8, 4) is 0 Å². The number of halogens is 1. The molecule has 1 N–H and O–H groups in total. The Balaban J connectivity index is 1.80. The highest BCUT2D eigenvalue weighted by Gasteiger charge is 2.11. The van der Waals surface area contributed by atoms with E-state index in [0.717, 1.165) is 11.3 Å². The molecule has 0 saturated heterocycles. The third-order valence-corrected chi connectivity index (χ3v) is 2.90. The van der Waals surface area contributed by atoms with Crippen molar-refractivity contribution in [3.63, 3.8) is 0 Å². The van der Waals surface area contributed by atoms with Gasteiger partial charge in [0.2, 0.25) is 5.91 Å². The van der Waals surface area contributed by atoms with Crippen LogP contribution < -0.4 is 5.32 Å². The minimum Gasteiger partial charge on any atom is -0.467 e. The van der Waals surface area contributed by atoms with Crippen molar-refractivity contribution in [2.45, 2.75) is 25.8 Å². The predicted octanol–water partition coefficient (Wildman–Crippen LogP) is 3.23. The second kappa shape index (κ2) is 6.18. The van der Waals surface area contributed by atoms with Crippen molar-refractivity contribution < 1.29 is 13.6 Å².